The number of unbranched alkanes of at least 4 members (excludes halogenated alkanes) is 4. The van der Waals surface area contributed by atoms with Crippen molar-refractivity contribution >= 4 is 6.29 Å². The molecular formula is C11H14O2. The number of aldehydes is 1. The van der Waals surface area contributed by atoms with Crippen molar-refractivity contribution in [1.29, 1.82) is 0 Å². The SMILES string of the molecule is O=CC#CCCCCCC#CCO. The number of aliphatic hydroxyl groups excluding tert-OH is 1. The summed E-state index contributed by atoms with van der Waals surface area (Å²) in [5.74, 6) is 10.5. The van der Waals surface area contributed by atoms with Gasteiger partial charge in [-0.25, -0.2) is 0 Å². The van der Waals surface area contributed by atoms with Crippen LogP contribution in [0.2, 0.25) is 0 Å². The van der Waals surface area contributed by atoms with Crippen LogP contribution in [0, 0.1) is 23.7 Å². The average molecular weight is 178 g/mol. The summed E-state index contributed by atoms with van der Waals surface area (Å²) in [7, 11) is 0. The van der Waals surface area contributed by atoms with Gasteiger partial charge in [-0.05, 0) is 18.8 Å². The molecule has 0 amide bonds. The van der Waals surface area contributed by atoms with Crippen LogP contribution >= 0.6 is 0 Å². The normalized spacial score (nSPS) is 7.77. The Balaban J connectivity index is 3.12. The van der Waals surface area contributed by atoms with E-state index in [2.05, 4.69) is 23.7 Å². The standard InChI is InChI=1S/C11H14O2/c12-10-8-6-4-2-1-3-5-7-9-11-13/h10,13H,1-5,11H2. The Bertz CT molecular complexity index is 234. The van der Waals surface area contributed by atoms with E-state index in [4.69, 9.17) is 5.11 Å². The minimum absolute atomic E-state index is 0.0508. The molecule has 0 aromatic carbocycles. The van der Waals surface area contributed by atoms with Crippen LogP contribution in [0.4, 0.5) is 0 Å². The Hall–Kier alpha value is -1.25. The predicted molar refractivity (Wildman–Crippen MR) is 51.8 cm³/mol. The second-order valence-electron chi connectivity index (χ2n) is 2.51. The van der Waals surface area contributed by atoms with Crippen LogP contribution in [-0.2, 0) is 4.79 Å². The van der Waals surface area contributed by atoms with E-state index >= 15 is 0 Å². The Morgan fingerprint density at radius 1 is 1.00 bits per heavy atom. The highest BCUT2D eigenvalue weighted by Gasteiger charge is 1.84. The van der Waals surface area contributed by atoms with Gasteiger partial charge in [0.15, 0.2) is 6.29 Å². The first-order chi connectivity index (χ1) is 6.41. The smallest absolute Gasteiger partial charge is 0.192 e. The number of carbonyl (C=O) groups is 1. The lowest BCUT2D eigenvalue weighted by Gasteiger charge is -1.91. The lowest BCUT2D eigenvalue weighted by molar-refractivity contribution is -0.103. The van der Waals surface area contributed by atoms with E-state index < -0.39 is 0 Å². The summed E-state index contributed by atoms with van der Waals surface area (Å²) in [6.07, 6.45) is 5.37. The third kappa shape index (κ3) is 10.8. The molecule has 0 saturated heterocycles. The monoisotopic (exact) mass is 178 g/mol. The van der Waals surface area contributed by atoms with Crippen LogP contribution < -0.4 is 0 Å². The van der Waals surface area contributed by atoms with E-state index in [0.29, 0.717) is 6.29 Å². The predicted octanol–water partition coefficient (Wildman–Crippen LogP) is 1.13. The third-order valence-corrected chi connectivity index (χ3v) is 1.47. The highest BCUT2D eigenvalue weighted by Crippen LogP contribution is 2.00. The molecule has 2 nitrogen and oxygen atoms in total. The first-order valence-electron chi connectivity index (χ1n) is 4.40. The second-order valence-corrected chi connectivity index (χ2v) is 2.51. The highest BCUT2D eigenvalue weighted by atomic mass is 16.2. The molecule has 0 radical (unpaired) electrons. The molecule has 0 aromatic rings. The minimum atomic E-state index is -0.0508. The number of hydrogen-bond acceptors (Lipinski definition) is 2. The molecule has 0 heterocycles. The minimum Gasteiger partial charge on any atom is -0.384 e. The van der Waals surface area contributed by atoms with Crippen LogP contribution in [-0.4, -0.2) is 18.0 Å². The fourth-order valence-electron chi connectivity index (χ4n) is 0.862. The Kier molecular flexibility index (Phi) is 9.72. The van der Waals surface area contributed by atoms with Crippen molar-refractivity contribution in [2.24, 2.45) is 0 Å². The van der Waals surface area contributed by atoms with Gasteiger partial charge in [0.05, 0.1) is 0 Å². The molecule has 0 atom stereocenters. The molecule has 0 bridgehead atoms. The summed E-state index contributed by atoms with van der Waals surface area (Å²) < 4.78 is 0. The molecule has 70 valence electrons. The van der Waals surface area contributed by atoms with Crippen molar-refractivity contribution in [2.45, 2.75) is 32.1 Å². The molecule has 0 aliphatic rings. The maximum Gasteiger partial charge on any atom is 0.192 e. The summed E-state index contributed by atoms with van der Waals surface area (Å²) in [6.45, 7) is -0.0508. The van der Waals surface area contributed by atoms with Crippen molar-refractivity contribution in [1.82, 2.24) is 0 Å². The van der Waals surface area contributed by atoms with Gasteiger partial charge in [-0.3, -0.25) is 4.79 Å². The van der Waals surface area contributed by atoms with E-state index in [1.165, 1.54) is 0 Å². The topological polar surface area (TPSA) is 37.3 Å². The molecule has 0 aliphatic carbocycles. The second kappa shape index (κ2) is 10.8. The van der Waals surface area contributed by atoms with E-state index in [1.807, 2.05) is 0 Å². The molecule has 0 saturated carbocycles. The van der Waals surface area contributed by atoms with Crippen molar-refractivity contribution in [3.63, 3.8) is 0 Å². The number of carbonyl (C=O) groups excluding carboxylic acids is 1. The molecule has 0 fully saturated rings. The van der Waals surface area contributed by atoms with Crippen molar-refractivity contribution in [2.75, 3.05) is 6.61 Å². The molecule has 0 rings (SSSR count). The van der Waals surface area contributed by atoms with E-state index in [-0.39, 0.29) is 6.61 Å². The van der Waals surface area contributed by atoms with Gasteiger partial charge in [0.25, 0.3) is 0 Å². The average Bonchev–Trinajstić information content (AvgIpc) is 2.16. The number of aliphatic hydroxyl groups is 1. The molecular weight excluding hydrogens is 164 g/mol. The van der Waals surface area contributed by atoms with Crippen molar-refractivity contribution in [3.8, 4) is 23.7 Å². The summed E-state index contributed by atoms with van der Waals surface area (Å²) in [5.41, 5.74) is 0. The Labute approximate surface area is 79.3 Å². The number of rotatable bonds is 4. The van der Waals surface area contributed by atoms with Crippen LogP contribution in [0.3, 0.4) is 0 Å². The van der Waals surface area contributed by atoms with Gasteiger partial charge < -0.3 is 5.11 Å². The van der Waals surface area contributed by atoms with Crippen molar-refractivity contribution < 1.29 is 9.90 Å². The van der Waals surface area contributed by atoms with Crippen molar-refractivity contribution in [3.05, 3.63) is 0 Å². The van der Waals surface area contributed by atoms with Gasteiger partial charge in [0.1, 0.15) is 6.61 Å². The van der Waals surface area contributed by atoms with Gasteiger partial charge in [0, 0.05) is 12.8 Å². The number of hydrogen-bond donors (Lipinski definition) is 1. The zero-order chi connectivity index (χ0) is 9.78. The molecule has 0 aromatic heterocycles. The van der Waals surface area contributed by atoms with Crippen LogP contribution in [0.5, 0.6) is 0 Å². The zero-order valence-corrected chi connectivity index (χ0v) is 7.68. The molecule has 0 aliphatic heterocycles. The lowest BCUT2D eigenvalue weighted by atomic mass is 10.1. The summed E-state index contributed by atoms with van der Waals surface area (Å²) in [5, 5.41) is 8.34. The Morgan fingerprint density at radius 3 is 2.31 bits per heavy atom. The molecule has 13 heavy (non-hydrogen) atoms. The maximum atomic E-state index is 9.80. The van der Waals surface area contributed by atoms with Gasteiger partial charge >= 0.3 is 0 Å². The summed E-state index contributed by atoms with van der Waals surface area (Å²) in [4.78, 5) is 9.80. The van der Waals surface area contributed by atoms with E-state index in [0.717, 1.165) is 32.1 Å². The first kappa shape index (κ1) is 11.8. The molecule has 0 spiro atoms. The quantitative estimate of drug-likeness (QED) is 0.398. The maximum absolute atomic E-state index is 9.80. The van der Waals surface area contributed by atoms with Gasteiger partial charge in [-0.1, -0.05) is 18.3 Å². The molecule has 0 unspecified atom stereocenters. The van der Waals surface area contributed by atoms with E-state index in [9.17, 15) is 4.79 Å². The van der Waals surface area contributed by atoms with Gasteiger partial charge in [-0.15, -0.1) is 5.92 Å². The van der Waals surface area contributed by atoms with Crippen LogP contribution in [0.25, 0.3) is 0 Å². The molecule has 2 heteroatoms. The van der Waals surface area contributed by atoms with Crippen LogP contribution in [0.1, 0.15) is 32.1 Å². The third-order valence-electron chi connectivity index (χ3n) is 1.47. The summed E-state index contributed by atoms with van der Waals surface area (Å²) in [6, 6.07) is 0. The largest absolute Gasteiger partial charge is 0.384 e. The molecule has 1 N–H and O–H groups in total. The van der Waals surface area contributed by atoms with Gasteiger partial charge in [-0.2, -0.15) is 0 Å². The zero-order valence-electron chi connectivity index (χ0n) is 7.68. The van der Waals surface area contributed by atoms with Crippen LogP contribution in [0.15, 0.2) is 0 Å². The van der Waals surface area contributed by atoms with Gasteiger partial charge in [0.2, 0.25) is 0 Å². The highest BCUT2D eigenvalue weighted by molar-refractivity contribution is 5.72. The fraction of sp³-hybridized carbons (Fsp3) is 0.545. The summed E-state index contributed by atoms with van der Waals surface area (Å²) >= 11 is 0. The first-order valence-corrected chi connectivity index (χ1v) is 4.40. The van der Waals surface area contributed by atoms with E-state index in [1.54, 1.807) is 0 Å². The fourth-order valence-corrected chi connectivity index (χ4v) is 0.862. The Morgan fingerprint density at radius 2 is 1.69 bits per heavy atom. The lowest BCUT2D eigenvalue weighted by Crippen LogP contribution is -1.77.